The average molecular weight is 618 g/mol. The molecule has 0 saturated carbocycles. The van der Waals surface area contributed by atoms with Crippen molar-refractivity contribution in [3.8, 4) is 0 Å². The molecular weight excluding hydrogens is 570 g/mol. The Balaban J connectivity index is 1.75. The molecule has 0 saturated heterocycles. The van der Waals surface area contributed by atoms with E-state index in [4.69, 9.17) is 0 Å². The van der Waals surface area contributed by atoms with E-state index in [1.807, 2.05) is 0 Å². The highest BCUT2D eigenvalue weighted by Crippen LogP contribution is 2.23. The summed E-state index contributed by atoms with van der Waals surface area (Å²) < 4.78 is 32.3. The molecule has 238 valence electrons. The number of non-ortho nitro benzene ring substituents is 1. The number of benzene rings is 2. The molecule has 2 aromatic carbocycles. The molecule has 0 spiro atoms. The Labute approximate surface area is 255 Å². The smallest absolute Gasteiger partial charge is 0.269 e. The summed E-state index contributed by atoms with van der Waals surface area (Å²) >= 11 is 0. The number of nitrogens with one attached hydrogen (secondary N) is 2. The zero-order chi connectivity index (χ0) is 31.5. The van der Waals surface area contributed by atoms with Gasteiger partial charge < -0.3 is 10.6 Å². The Hall–Kier alpha value is -3.31. The van der Waals surface area contributed by atoms with Crippen LogP contribution in [-0.4, -0.2) is 29.7 Å². The van der Waals surface area contributed by atoms with Crippen LogP contribution in [0.5, 0.6) is 0 Å². The quantitative estimate of drug-likeness (QED) is 0.0518. The van der Waals surface area contributed by atoms with Gasteiger partial charge in [0.05, 0.1) is 4.92 Å². The van der Waals surface area contributed by atoms with Crippen LogP contribution in [0.3, 0.4) is 0 Å². The average Bonchev–Trinajstić information content (AvgIpc) is 2.94. The summed E-state index contributed by atoms with van der Waals surface area (Å²) in [5, 5.41) is 16.2. The maximum atomic E-state index is 12.7. The summed E-state index contributed by atoms with van der Waals surface area (Å²) in [4.78, 5) is 35.5. The second-order valence-electron chi connectivity index (χ2n) is 11.2. The lowest BCUT2D eigenvalue weighted by Crippen LogP contribution is -2.15. The predicted octanol–water partition coefficient (Wildman–Crippen LogP) is 8.43. The Kier molecular flexibility index (Phi) is 16.5. The zero-order valence-electron chi connectivity index (χ0n) is 25.3. The fourth-order valence-corrected chi connectivity index (χ4v) is 5.54. The van der Waals surface area contributed by atoms with Gasteiger partial charge in [-0.1, -0.05) is 96.8 Å². The highest BCUT2D eigenvalue weighted by Gasteiger charge is 2.14. The molecule has 0 aliphatic carbocycles. The fourth-order valence-electron chi connectivity index (χ4n) is 4.95. The molecule has 0 radical (unpaired) electrons. The number of nitro groups is 1. The molecule has 3 N–H and O–H groups in total. The first-order valence-corrected chi connectivity index (χ1v) is 17.1. The van der Waals surface area contributed by atoms with Crippen LogP contribution in [0.2, 0.25) is 0 Å². The first-order chi connectivity index (χ1) is 20.6. The SMILES string of the molecule is CCCCCCCCCCCCCCCCCC(=O)Nc1cc(CS(=O)(=O)O)cc(NC(=O)c2ccc([N+](=O)[O-])cc2)c1. The molecule has 0 atom stereocenters. The minimum Gasteiger partial charge on any atom is -0.326 e. The van der Waals surface area contributed by atoms with Crippen LogP contribution in [0.1, 0.15) is 126 Å². The molecule has 2 amide bonds. The van der Waals surface area contributed by atoms with Crippen LogP contribution in [0, 0.1) is 10.1 Å². The number of unbranched alkanes of at least 4 members (excludes halogenated alkanes) is 14. The van der Waals surface area contributed by atoms with Crippen LogP contribution >= 0.6 is 0 Å². The molecule has 11 heteroatoms. The zero-order valence-corrected chi connectivity index (χ0v) is 26.1. The van der Waals surface area contributed by atoms with E-state index in [-0.39, 0.29) is 34.1 Å². The summed E-state index contributed by atoms with van der Waals surface area (Å²) in [6.07, 6.45) is 18.8. The van der Waals surface area contributed by atoms with Gasteiger partial charge in [-0.3, -0.25) is 24.3 Å². The molecule has 2 rings (SSSR count). The van der Waals surface area contributed by atoms with Gasteiger partial charge in [0.2, 0.25) is 5.91 Å². The van der Waals surface area contributed by atoms with Gasteiger partial charge >= 0.3 is 0 Å². The highest BCUT2D eigenvalue weighted by atomic mass is 32.2. The molecule has 43 heavy (non-hydrogen) atoms. The van der Waals surface area contributed by atoms with E-state index in [0.29, 0.717) is 6.42 Å². The van der Waals surface area contributed by atoms with E-state index >= 15 is 0 Å². The van der Waals surface area contributed by atoms with Crippen molar-refractivity contribution in [3.05, 3.63) is 63.7 Å². The second-order valence-corrected chi connectivity index (χ2v) is 12.6. The van der Waals surface area contributed by atoms with E-state index in [1.165, 1.54) is 113 Å². The number of nitro benzene ring substituents is 1. The third-order valence-electron chi connectivity index (χ3n) is 7.23. The molecule has 0 heterocycles. The van der Waals surface area contributed by atoms with Gasteiger partial charge in [0.1, 0.15) is 5.75 Å². The lowest BCUT2D eigenvalue weighted by Gasteiger charge is -2.12. The van der Waals surface area contributed by atoms with E-state index in [9.17, 15) is 32.7 Å². The fraction of sp³-hybridized carbons (Fsp3) is 0.562. The maximum absolute atomic E-state index is 12.7. The molecule has 0 unspecified atom stereocenters. The summed E-state index contributed by atoms with van der Waals surface area (Å²) in [6.45, 7) is 2.24. The maximum Gasteiger partial charge on any atom is 0.269 e. The minimum absolute atomic E-state index is 0.157. The largest absolute Gasteiger partial charge is 0.326 e. The van der Waals surface area contributed by atoms with Crippen molar-refractivity contribution in [2.75, 3.05) is 10.6 Å². The molecule has 0 aliphatic rings. The molecule has 0 aliphatic heterocycles. The van der Waals surface area contributed by atoms with E-state index in [1.54, 1.807) is 0 Å². The van der Waals surface area contributed by atoms with Gasteiger partial charge in [-0.05, 0) is 42.3 Å². The standard InChI is InChI=1S/C32H47N3O7S/c1-2-3-4-5-6-7-8-9-10-11-12-13-14-15-16-17-31(36)33-28-22-26(25-43(40,41)42)23-29(24-28)34-32(37)27-18-20-30(21-19-27)35(38)39/h18-24H,2-17,25H2,1H3,(H,33,36)(H,34,37)(H,40,41,42). The van der Waals surface area contributed by atoms with Crippen LogP contribution in [0.4, 0.5) is 17.1 Å². The van der Waals surface area contributed by atoms with E-state index < -0.39 is 26.7 Å². The van der Waals surface area contributed by atoms with Gasteiger partial charge in [-0.2, -0.15) is 8.42 Å². The normalized spacial score (nSPS) is 11.3. The first kappa shape index (κ1) is 35.9. The van der Waals surface area contributed by atoms with Crippen molar-refractivity contribution >= 4 is 39.0 Å². The van der Waals surface area contributed by atoms with Gasteiger partial charge in [0, 0.05) is 35.5 Å². The van der Waals surface area contributed by atoms with Crippen LogP contribution in [0.15, 0.2) is 42.5 Å². The number of nitrogens with zero attached hydrogens (tertiary/aromatic N) is 1. The number of hydrogen-bond acceptors (Lipinski definition) is 6. The highest BCUT2D eigenvalue weighted by molar-refractivity contribution is 7.85. The van der Waals surface area contributed by atoms with E-state index in [0.717, 1.165) is 25.7 Å². The number of carbonyl (C=O) groups is 2. The lowest BCUT2D eigenvalue weighted by atomic mass is 10.0. The van der Waals surface area contributed by atoms with Crippen molar-refractivity contribution in [3.63, 3.8) is 0 Å². The van der Waals surface area contributed by atoms with Crippen molar-refractivity contribution in [2.45, 2.75) is 115 Å². The number of rotatable bonds is 22. The second kappa shape index (κ2) is 19.8. The summed E-state index contributed by atoms with van der Waals surface area (Å²) in [5.74, 6) is -1.50. The van der Waals surface area contributed by atoms with Crippen LogP contribution in [-0.2, 0) is 20.7 Å². The minimum atomic E-state index is -4.36. The van der Waals surface area contributed by atoms with Crippen molar-refractivity contribution in [2.24, 2.45) is 0 Å². The third-order valence-corrected chi connectivity index (χ3v) is 7.93. The Bertz CT molecular complexity index is 1260. The Morgan fingerprint density at radius 1 is 0.744 bits per heavy atom. The van der Waals surface area contributed by atoms with Gasteiger partial charge in [-0.25, -0.2) is 0 Å². The predicted molar refractivity (Wildman–Crippen MR) is 171 cm³/mol. The van der Waals surface area contributed by atoms with Crippen LogP contribution < -0.4 is 10.6 Å². The van der Waals surface area contributed by atoms with Crippen molar-refractivity contribution in [1.29, 1.82) is 0 Å². The number of anilines is 2. The third kappa shape index (κ3) is 16.2. The van der Waals surface area contributed by atoms with Crippen LogP contribution in [0.25, 0.3) is 0 Å². The molecule has 0 aromatic heterocycles. The summed E-state index contributed by atoms with van der Waals surface area (Å²) in [7, 11) is -4.36. The lowest BCUT2D eigenvalue weighted by molar-refractivity contribution is -0.384. The number of amides is 2. The number of hydrogen-bond donors (Lipinski definition) is 3. The molecule has 2 aromatic rings. The Morgan fingerprint density at radius 3 is 1.67 bits per heavy atom. The number of carbonyl (C=O) groups excluding carboxylic acids is 2. The van der Waals surface area contributed by atoms with Gasteiger partial charge in [-0.15, -0.1) is 0 Å². The van der Waals surface area contributed by atoms with Gasteiger partial charge in [0.15, 0.2) is 0 Å². The topological polar surface area (TPSA) is 156 Å². The molecule has 0 fully saturated rings. The van der Waals surface area contributed by atoms with E-state index in [2.05, 4.69) is 17.6 Å². The first-order valence-electron chi connectivity index (χ1n) is 15.5. The summed E-state index contributed by atoms with van der Waals surface area (Å²) in [5.41, 5.74) is 0.652. The van der Waals surface area contributed by atoms with Gasteiger partial charge in [0.25, 0.3) is 21.7 Å². The molecule has 0 bridgehead atoms. The van der Waals surface area contributed by atoms with Crippen molar-refractivity contribution in [1.82, 2.24) is 0 Å². The summed E-state index contributed by atoms with van der Waals surface area (Å²) in [6, 6.07) is 9.30. The molecule has 10 nitrogen and oxygen atoms in total. The van der Waals surface area contributed by atoms with Crippen molar-refractivity contribution < 1.29 is 27.5 Å². The Morgan fingerprint density at radius 2 is 1.21 bits per heavy atom. The monoisotopic (exact) mass is 617 g/mol. The molecular formula is C32H47N3O7S.